The van der Waals surface area contributed by atoms with E-state index >= 15 is 0 Å². The zero-order chi connectivity index (χ0) is 25.1. The van der Waals surface area contributed by atoms with Gasteiger partial charge in [0.05, 0.1) is 17.7 Å². The first-order chi connectivity index (χ1) is 17.5. The molecular weight excluding hydrogens is 470 g/mol. The highest BCUT2D eigenvalue weighted by molar-refractivity contribution is 8.14. The average molecular weight is 498 g/mol. The lowest BCUT2D eigenvalue weighted by Crippen LogP contribution is -2.32. The van der Waals surface area contributed by atoms with Crippen molar-refractivity contribution in [3.63, 3.8) is 0 Å². The van der Waals surface area contributed by atoms with Crippen molar-refractivity contribution in [2.24, 2.45) is 5.10 Å². The Labute approximate surface area is 215 Å². The van der Waals surface area contributed by atoms with Crippen LogP contribution < -0.4 is 15.5 Å². The molecule has 2 atom stereocenters. The molecule has 8 heteroatoms. The number of thioether (sulfide) groups is 1. The Hall–Kier alpha value is -3.83. The molecule has 2 N–H and O–H groups in total. The van der Waals surface area contributed by atoms with Crippen molar-refractivity contribution in [2.45, 2.75) is 50.6 Å². The van der Waals surface area contributed by atoms with Crippen LogP contribution in [0.1, 0.15) is 76.4 Å². The number of benzene rings is 2. The molecule has 1 aliphatic heterocycles. The van der Waals surface area contributed by atoms with Gasteiger partial charge in [0.1, 0.15) is 27.9 Å². The summed E-state index contributed by atoms with van der Waals surface area (Å²) >= 11 is 1.63. The van der Waals surface area contributed by atoms with Gasteiger partial charge in [0.15, 0.2) is 0 Å². The Morgan fingerprint density at radius 1 is 1.22 bits per heavy atom. The van der Waals surface area contributed by atoms with E-state index in [0.29, 0.717) is 17.0 Å². The highest BCUT2D eigenvalue weighted by Gasteiger charge is 2.29. The number of amides is 1. The van der Waals surface area contributed by atoms with Gasteiger partial charge in [0.2, 0.25) is 0 Å². The number of carbonyl (C=O) groups is 1. The van der Waals surface area contributed by atoms with Crippen LogP contribution in [0.2, 0.25) is 0 Å². The summed E-state index contributed by atoms with van der Waals surface area (Å²) in [7, 11) is 0. The molecule has 36 heavy (non-hydrogen) atoms. The van der Waals surface area contributed by atoms with Crippen LogP contribution in [0.5, 0.6) is 5.75 Å². The summed E-state index contributed by atoms with van der Waals surface area (Å²) in [5, 5.41) is 18.2. The van der Waals surface area contributed by atoms with Gasteiger partial charge < -0.3 is 10.1 Å². The third-order valence-electron chi connectivity index (χ3n) is 6.24. The molecule has 0 radical (unpaired) electrons. The number of carbonyl (C=O) groups excluding carboxylic acids is 1. The molecule has 1 aromatic heterocycles. The minimum Gasteiger partial charge on any atom is -0.490 e. The number of hydrogen-bond donors (Lipinski definition) is 2. The van der Waals surface area contributed by atoms with Crippen molar-refractivity contribution in [3.05, 3.63) is 94.3 Å². The summed E-state index contributed by atoms with van der Waals surface area (Å²) in [4.78, 5) is 16.9. The third kappa shape index (κ3) is 4.93. The molecule has 7 nitrogen and oxygen atoms in total. The quantitative estimate of drug-likeness (QED) is 0.483. The SMILES string of the molecule is CC(C)Oc1ccc(C2NN=C(c3cccc4c3CCCC4NC(=O)c3ccccn3)S2)cc1C#N. The van der Waals surface area contributed by atoms with Crippen molar-refractivity contribution < 1.29 is 9.53 Å². The molecule has 2 aromatic carbocycles. The molecule has 0 fully saturated rings. The predicted octanol–water partition coefficient (Wildman–Crippen LogP) is 5.24. The molecule has 2 heterocycles. The molecular formula is C28H27N5O2S. The van der Waals surface area contributed by atoms with Crippen LogP contribution in [-0.2, 0) is 6.42 Å². The number of ether oxygens (including phenoxy) is 1. The molecule has 0 saturated heterocycles. The van der Waals surface area contributed by atoms with Gasteiger partial charge in [-0.15, -0.1) is 0 Å². The van der Waals surface area contributed by atoms with Crippen LogP contribution in [0, 0.1) is 11.3 Å². The summed E-state index contributed by atoms with van der Waals surface area (Å²) in [5.41, 5.74) is 8.58. The molecule has 0 saturated carbocycles. The molecule has 0 bridgehead atoms. The van der Waals surface area contributed by atoms with Crippen LogP contribution in [0.3, 0.4) is 0 Å². The van der Waals surface area contributed by atoms with E-state index < -0.39 is 0 Å². The molecule has 2 aliphatic rings. The number of nitriles is 1. The number of nitrogens with one attached hydrogen (secondary N) is 2. The lowest BCUT2D eigenvalue weighted by atomic mass is 9.85. The lowest BCUT2D eigenvalue weighted by Gasteiger charge is -2.28. The van der Waals surface area contributed by atoms with Crippen LogP contribution in [0.15, 0.2) is 65.9 Å². The van der Waals surface area contributed by atoms with E-state index in [1.54, 1.807) is 30.1 Å². The summed E-state index contributed by atoms with van der Waals surface area (Å²) in [6, 6.07) is 19.4. The second-order valence-corrected chi connectivity index (χ2v) is 10.2. The Morgan fingerprint density at radius 2 is 2.11 bits per heavy atom. The molecule has 1 aliphatic carbocycles. The number of aromatic nitrogens is 1. The molecule has 3 aromatic rings. The number of rotatable bonds is 6. The highest BCUT2D eigenvalue weighted by atomic mass is 32.2. The minimum absolute atomic E-state index is 0.00121. The fourth-order valence-electron chi connectivity index (χ4n) is 4.63. The number of pyridine rings is 1. The minimum atomic E-state index is -0.161. The van der Waals surface area contributed by atoms with Crippen molar-refractivity contribution in [2.75, 3.05) is 0 Å². The second-order valence-electron chi connectivity index (χ2n) is 9.08. The number of hydrogen-bond acceptors (Lipinski definition) is 7. The van der Waals surface area contributed by atoms with Crippen molar-refractivity contribution in [1.82, 2.24) is 15.7 Å². The Kier molecular flexibility index (Phi) is 6.92. The maximum atomic E-state index is 12.8. The van der Waals surface area contributed by atoms with Gasteiger partial charge in [-0.2, -0.15) is 10.4 Å². The van der Waals surface area contributed by atoms with Crippen molar-refractivity contribution >= 4 is 22.7 Å². The summed E-state index contributed by atoms with van der Waals surface area (Å²) < 4.78 is 5.76. The first-order valence-electron chi connectivity index (χ1n) is 12.1. The van der Waals surface area contributed by atoms with E-state index in [4.69, 9.17) is 4.74 Å². The zero-order valence-corrected chi connectivity index (χ0v) is 21.0. The van der Waals surface area contributed by atoms with Gasteiger partial charge in [0, 0.05) is 11.8 Å². The van der Waals surface area contributed by atoms with Crippen LogP contribution in [0.4, 0.5) is 0 Å². The van der Waals surface area contributed by atoms with Gasteiger partial charge >= 0.3 is 0 Å². The maximum Gasteiger partial charge on any atom is 0.270 e. The van der Waals surface area contributed by atoms with E-state index in [1.807, 2.05) is 44.2 Å². The Bertz CT molecular complexity index is 1350. The standard InChI is InChI=1S/C28H27N5O2S/c1-17(2)35-25-13-12-18(15-19(25)16-29)27-32-33-28(36-27)22-9-5-8-21-20(22)7-6-11-23(21)31-26(34)24-10-3-4-14-30-24/h3-5,8-10,12-15,17,23,27,32H,6-7,11H2,1-2H3,(H,31,34). The van der Waals surface area contributed by atoms with Crippen molar-refractivity contribution in [3.8, 4) is 11.8 Å². The molecule has 2 unspecified atom stereocenters. The first kappa shape index (κ1) is 23.9. The van der Waals surface area contributed by atoms with Crippen LogP contribution in [0.25, 0.3) is 0 Å². The highest BCUT2D eigenvalue weighted by Crippen LogP contribution is 2.39. The average Bonchev–Trinajstić information content (AvgIpc) is 3.39. The summed E-state index contributed by atoms with van der Waals surface area (Å²) in [6.07, 6.45) is 4.43. The van der Waals surface area contributed by atoms with Gasteiger partial charge in [-0.25, -0.2) is 0 Å². The lowest BCUT2D eigenvalue weighted by molar-refractivity contribution is 0.0927. The van der Waals surface area contributed by atoms with Crippen molar-refractivity contribution in [1.29, 1.82) is 5.26 Å². The van der Waals surface area contributed by atoms with Gasteiger partial charge in [-0.3, -0.25) is 15.2 Å². The Morgan fingerprint density at radius 3 is 2.89 bits per heavy atom. The van der Waals surface area contributed by atoms with Crippen LogP contribution in [-0.4, -0.2) is 22.0 Å². The zero-order valence-electron chi connectivity index (χ0n) is 20.2. The number of hydrazone groups is 1. The largest absolute Gasteiger partial charge is 0.490 e. The Balaban J connectivity index is 1.35. The van der Waals surface area contributed by atoms with E-state index in [0.717, 1.165) is 41.0 Å². The third-order valence-corrected chi connectivity index (χ3v) is 7.39. The summed E-state index contributed by atoms with van der Waals surface area (Å²) in [5.74, 6) is 0.433. The van der Waals surface area contributed by atoms with E-state index in [9.17, 15) is 10.1 Å². The molecule has 0 spiro atoms. The molecule has 5 rings (SSSR count). The fraction of sp³-hybridized carbons (Fsp3) is 0.286. The fourth-order valence-corrected chi connectivity index (χ4v) is 5.67. The second kappa shape index (κ2) is 10.4. The normalized spacial score (nSPS) is 18.6. The van der Waals surface area contributed by atoms with E-state index in [-0.39, 0.29) is 23.4 Å². The number of nitrogens with zero attached hydrogens (tertiary/aromatic N) is 3. The van der Waals surface area contributed by atoms with Crippen LogP contribution >= 0.6 is 11.8 Å². The van der Waals surface area contributed by atoms with Gasteiger partial charge in [-0.05, 0) is 74.1 Å². The summed E-state index contributed by atoms with van der Waals surface area (Å²) in [6.45, 7) is 3.89. The maximum absolute atomic E-state index is 12.8. The van der Waals surface area contributed by atoms with Gasteiger partial charge in [-0.1, -0.05) is 42.1 Å². The smallest absolute Gasteiger partial charge is 0.270 e. The monoisotopic (exact) mass is 497 g/mol. The topological polar surface area (TPSA) is 99.4 Å². The molecule has 182 valence electrons. The van der Waals surface area contributed by atoms with E-state index in [2.05, 4.69) is 39.0 Å². The van der Waals surface area contributed by atoms with Gasteiger partial charge in [0.25, 0.3) is 5.91 Å². The number of fused-ring (bicyclic) bond motifs is 1. The van der Waals surface area contributed by atoms with E-state index in [1.165, 1.54) is 5.56 Å². The first-order valence-corrected chi connectivity index (χ1v) is 13.0. The molecule has 1 amide bonds. The predicted molar refractivity (Wildman–Crippen MR) is 141 cm³/mol.